The van der Waals surface area contributed by atoms with Crippen molar-refractivity contribution < 1.29 is 19.1 Å². The van der Waals surface area contributed by atoms with Crippen LogP contribution in [0.4, 0.5) is 0 Å². The molecule has 19 heavy (non-hydrogen) atoms. The molecule has 0 saturated heterocycles. The third-order valence-corrected chi connectivity index (χ3v) is 2.75. The van der Waals surface area contributed by atoms with Crippen molar-refractivity contribution in [2.45, 2.75) is 12.6 Å². The predicted molar refractivity (Wildman–Crippen MR) is 68.6 cm³/mol. The smallest absolute Gasteiger partial charge is 0.382 e. The number of ether oxygens (including phenoxy) is 2. The van der Waals surface area contributed by atoms with E-state index in [1.807, 2.05) is 30.3 Å². The minimum Gasteiger partial charge on any atom is -0.464 e. The molecule has 5 nitrogen and oxygen atoms in total. The van der Waals surface area contributed by atoms with E-state index >= 15 is 0 Å². The maximum Gasteiger partial charge on any atom is 0.382 e. The number of benzene rings is 1. The Kier molecular flexibility index (Phi) is 3.46. The summed E-state index contributed by atoms with van der Waals surface area (Å²) in [5.74, 6) is -1.37. The van der Waals surface area contributed by atoms with Crippen molar-refractivity contribution in [1.82, 2.24) is 0 Å². The molecule has 5 heteroatoms. The molecule has 1 aliphatic heterocycles. The lowest BCUT2D eigenvalue weighted by molar-refractivity contribution is -0.167. The fourth-order valence-corrected chi connectivity index (χ4v) is 1.74. The Bertz CT molecular complexity index is 562. The number of hydrogen-bond acceptors (Lipinski definition) is 5. The fourth-order valence-electron chi connectivity index (χ4n) is 1.74. The standard InChI is InChI=1S/C14H13NO4/c1-10(16)14(13(17)18-2)15-12(8-9-19-14)11-6-4-3-5-7-11/h3-9H,1-2H3. The van der Waals surface area contributed by atoms with Crippen LogP contribution in [-0.4, -0.2) is 30.3 Å². The predicted octanol–water partition coefficient (Wildman–Crippen LogP) is 1.48. The van der Waals surface area contributed by atoms with Gasteiger partial charge in [-0.3, -0.25) is 4.79 Å². The molecule has 0 spiro atoms. The highest BCUT2D eigenvalue weighted by molar-refractivity contribution is 6.14. The van der Waals surface area contributed by atoms with E-state index in [1.165, 1.54) is 20.3 Å². The van der Waals surface area contributed by atoms with Crippen LogP contribution in [0, 0.1) is 0 Å². The lowest BCUT2D eigenvalue weighted by Crippen LogP contribution is -2.48. The summed E-state index contributed by atoms with van der Waals surface area (Å²) in [4.78, 5) is 27.7. The van der Waals surface area contributed by atoms with Gasteiger partial charge in [-0.1, -0.05) is 30.3 Å². The number of esters is 1. The van der Waals surface area contributed by atoms with Crippen LogP contribution in [0.3, 0.4) is 0 Å². The molecule has 1 aliphatic rings. The average Bonchev–Trinajstić information content (AvgIpc) is 2.47. The van der Waals surface area contributed by atoms with Gasteiger partial charge >= 0.3 is 11.7 Å². The number of ketones is 1. The van der Waals surface area contributed by atoms with Gasteiger partial charge in [0, 0.05) is 6.92 Å². The van der Waals surface area contributed by atoms with E-state index in [0.717, 1.165) is 5.56 Å². The number of carbonyl (C=O) groups excluding carboxylic acids is 2. The Morgan fingerprint density at radius 2 is 1.95 bits per heavy atom. The molecule has 1 heterocycles. The molecule has 0 amide bonds. The zero-order valence-electron chi connectivity index (χ0n) is 10.6. The van der Waals surface area contributed by atoms with E-state index in [2.05, 4.69) is 9.73 Å². The lowest BCUT2D eigenvalue weighted by Gasteiger charge is -2.26. The summed E-state index contributed by atoms with van der Waals surface area (Å²) in [5, 5.41) is 0. The first kappa shape index (κ1) is 13.0. The molecule has 0 bridgehead atoms. The minimum absolute atomic E-state index is 0.493. The third-order valence-electron chi connectivity index (χ3n) is 2.75. The molecular formula is C14H13NO4. The molecule has 0 fully saturated rings. The number of nitrogens with zero attached hydrogens (tertiary/aromatic N) is 1. The van der Waals surface area contributed by atoms with Gasteiger partial charge in [-0.2, -0.15) is 0 Å². The Balaban J connectivity index is 2.49. The maximum atomic E-state index is 11.8. The van der Waals surface area contributed by atoms with Gasteiger partial charge in [0.15, 0.2) is 0 Å². The summed E-state index contributed by atoms with van der Waals surface area (Å²) in [7, 11) is 1.19. The van der Waals surface area contributed by atoms with Crippen molar-refractivity contribution in [3.05, 3.63) is 48.2 Å². The van der Waals surface area contributed by atoms with Gasteiger partial charge in [-0.05, 0) is 11.6 Å². The van der Waals surface area contributed by atoms with Crippen molar-refractivity contribution in [2.24, 2.45) is 4.99 Å². The van der Waals surface area contributed by atoms with E-state index in [1.54, 1.807) is 6.08 Å². The summed E-state index contributed by atoms with van der Waals surface area (Å²) >= 11 is 0. The van der Waals surface area contributed by atoms with Crippen molar-refractivity contribution in [3.8, 4) is 0 Å². The van der Waals surface area contributed by atoms with Crippen LogP contribution in [-0.2, 0) is 19.1 Å². The summed E-state index contributed by atoms with van der Waals surface area (Å²) in [6, 6.07) is 9.21. The molecule has 1 aromatic carbocycles. The Morgan fingerprint density at radius 1 is 1.26 bits per heavy atom. The summed E-state index contributed by atoms with van der Waals surface area (Å²) < 4.78 is 9.75. The van der Waals surface area contributed by atoms with Crippen LogP contribution in [0.1, 0.15) is 12.5 Å². The molecule has 0 aromatic heterocycles. The van der Waals surface area contributed by atoms with Crippen LogP contribution in [0.5, 0.6) is 0 Å². The number of allylic oxidation sites excluding steroid dienone is 1. The van der Waals surface area contributed by atoms with Crippen LogP contribution in [0.25, 0.3) is 0 Å². The molecule has 0 saturated carbocycles. The Labute approximate surface area is 110 Å². The van der Waals surface area contributed by atoms with Gasteiger partial charge in [0.05, 0.1) is 19.1 Å². The lowest BCUT2D eigenvalue weighted by atomic mass is 10.1. The van der Waals surface area contributed by atoms with Crippen molar-refractivity contribution in [2.75, 3.05) is 7.11 Å². The summed E-state index contributed by atoms with van der Waals surface area (Å²) in [6.07, 6.45) is 2.88. The SMILES string of the molecule is COC(=O)C1(C(C)=O)N=C(c2ccccc2)C=CO1. The molecule has 2 rings (SSSR count). The topological polar surface area (TPSA) is 65.0 Å². The number of carbonyl (C=O) groups is 2. The maximum absolute atomic E-state index is 11.8. The number of rotatable bonds is 3. The molecule has 1 atom stereocenters. The van der Waals surface area contributed by atoms with E-state index in [-0.39, 0.29) is 0 Å². The van der Waals surface area contributed by atoms with Gasteiger partial charge in [0.2, 0.25) is 5.78 Å². The first-order valence-corrected chi connectivity index (χ1v) is 5.69. The Morgan fingerprint density at radius 3 is 2.53 bits per heavy atom. The zero-order chi connectivity index (χ0) is 13.9. The van der Waals surface area contributed by atoms with E-state index in [0.29, 0.717) is 5.71 Å². The van der Waals surface area contributed by atoms with Crippen molar-refractivity contribution in [1.29, 1.82) is 0 Å². The van der Waals surface area contributed by atoms with Crippen LogP contribution >= 0.6 is 0 Å². The van der Waals surface area contributed by atoms with Gasteiger partial charge in [-0.15, -0.1) is 0 Å². The van der Waals surface area contributed by atoms with E-state index in [4.69, 9.17) is 4.74 Å². The first-order valence-electron chi connectivity index (χ1n) is 5.69. The number of hydrogen-bond donors (Lipinski definition) is 0. The van der Waals surface area contributed by atoms with E-state index in [9.17, 15) is 9.59 Å². The average molecular weight is 259 g/mol. The molecule has 0 radical (unpaired) electrons. The monoisotopic (exact) mass is 259 g/mol. The first-order chi connectivity index (χ1) is 9.10. The van der Waals surface area contributed by atoms with E-state index < -0.39 is 17.5 Å². The van der Waals surface area contributed by atoms with Crippen molar-refractivity contribution in [3.63, 3.8) is 0 Å². The largest absolute Gasteiger partial charge is 0.464 e. The highest BCUT2D eigenvalue weighted by Crippen LogP contribution is 2.23. The molecule has 1 aromatic rings. The highest BCUT2D eigenvalue weighted by atomic mass is 16.6. The normalized spacial score (nSPS) is 21.3. The molecule has 0 N–H and O–H groups in total. The second kappa shape index (κ2) is 5.06. The Hall–Kier alpha value is -2.43. The van der Waals surface area contributed by atoms with Gasteiger partial charge in [0.1, 0.15) is 0 Å². The van der Waals surface area contributed by atoms with Crippen molar-refractivity contribution >= 4 is 17.5 Å². The van der Waals surface area contributed by atoms with Crippen LogP contribution in [0.2, 0.25) is 0 Å². The summed E-state index contributed by atoms with van der Waals surface area (Å²) in [6.45, 7) is 1.24. The van der Waals surface area contributed by atoms with Gasteiger partial charge in [0.25, 0.3) is 0 Å². The zero-order valence-corrected chi connectivity index (χ0v) is 10.6. The summed E-state index contributed by atoms with van der Waals surface area (Å²) in [5.41, 5.74) is -0.654. The fraction of sp³-hybridized carbons (Fsp3) is 0.214. The quantitative estimate of drug-likeness (QED) is 0.609. The van der Waals surface area contributed by atoms with Crippen LogP contribution in [0.15, 0.2) is 47.7 Å². The third kappa shape index (κ3) is 2.27. The molecule has 1 unspecified atom stereocenters. The number of aliphatic imine (C=N–C) groups is 1. The van der Waals surface area contributed by atoms with Gasteiger partial charge < -0.3 is 9.47 Å². The molecule has 0 aliphatic carbocycles. The second-order valence-electron chi connectivity index (χ2n) is 3.98. The minimum atomic E-state index is -1.94. The highest BCUT2D eigenvalue weighted by Gasteiger charge is 2.48. The number of Topliss-reactive ketones (excluding diaryl/α,β-unsaturated/α-hetero) is 1. The molecular weight excluding hydrogens is 246 g/mol. The van der Waals surface area contributed by atoms with Crippen LogP contribution < -0.4 is 0 Å². The number of methoxy groups -OCH3 is 1. The molecule has 98 valence electrons. The second-order valence-corrected chi connectivity index (χ2v) is 3.98. The van der Waals surface area contributed by atoms with Gasteiger partial charge in [-0.25, -0.2) is 9.79 Å².